The van der Waals surface area contributed by atoms with Crippen molar-refractivity contribution in [1.82, 2.24) is 0 Å². The average molecular weight is 454 g/mol. The lowest BCUT2D eigenvalue weighted by Crippen LogP contribution is -2.35. The quantitative estimate of drug-likeness (QED) is 0.733. The Morgan fingerprint density at radius 3 is 2.52 bits per heavy atom. The van der Waals surface area contributed by atoms with E-state index in [1.165, 1.54) is 16.2 Å². The topological polar surface area (TPSA) is 57.6 Å². The maximum absolute atomic E-state index is 12.5. The van der Waals surface area contributed by atoms with Gasteiger partial charge in [0.25, 0.3) is 5.91 Å². The lowest BCUT2D eigenvalue weighted by atomic mass is 10.2. The van der Waals surface area contributed by atoms with E-state index >= 15 is 0 Å². The molecule has 0 aliphatic heterocycles. The molecule has 1 amide bonds. The van der Waals surface area contributed by atoms with Gasteiger partial charge in [-0.05, 0) is 56.1 Å². The highest BCUT2D eigenvalue weighted by molar-refractivity contribution is 9.13. The number of carboxylic acids is 1. The Bertz CT molecular complexity index is 685. The summed E-state index contributed by atoms with van der Waals surface area (Å²) >= 11 is 13.8. The number of hydrogen-bond acceptors (Lipinski definition) is 3. The van der Waals surface area contributed by atoms with Gasteiger partial charge in [-0.25, -0.2) is 0 Å². The number of benzene rings is 1. The number of hydrogen-bond donors (Lipinski definition) is 1. The molecule has 0 fully saturated rings. The maximum Gasteiger partial charge on any atom is 0.323 e. The standard InChI is InChI=1S/C13H8Br2ClNO3S/c14-9-5-10(21-12(9)15)13(20)17(6-11(18)19)8-3-1-2-7(16)4-8/h1-5H,6H2,(H,18,19). The number of thiophene rings is 1. The van der Waals surface area contributed by atoms with E-state index in [-0.39, 0.29) is 0 Å². The van der Waals surface area contributed by atoms with Crippen molar-refractivity contribution in [3.63, 3.8) is 0 Å². The van der Waals surface area contributed by atoms with Gasteiger partial charge < -0.3 is 5.11 Å². The summed E-state index contributed by atoms with van der Waals surface area (Å²) in [5.74, 6) is -1.49. The Balaban J connectivity index is 2.40. The molecule has 0 atom stereocenters. The molecule has 0 aliphatic carbocycles. The minimum atomic E-state index is -1.10. The Kier molecular flexibility index (Phi) is 5.43. The van der Waals surface area contributed by atoms with E-state index in [1.54, 1.807) is 30.3 Å². The van der Waals surface area contributed by atoms with Gasteiger partial charge in [-0.15, -0.1) is 11.3 Å². The molecular weight excluding hydrogens is 445 g/mol. The second kappa shape index (κ2) is 6.91. The molecule has 110 valence electrons. The first-order chi connectivity index (χ1) is 9.88. The van der Waals surface area contributed by atoms with Gasteiger partial charge in [-0.3, -0.25) is 14.5 Å². The Morgan fingerprint density at radius 2 is 2.00 bits per heavy atom. The van der Waals surface area contributed by atoms with Gasteiger partial charge in [0.1, 0.15) is 6.54 Å². The smallest absolute Gasteiger partial charge is 0.323 e. The maximum atomic E-state index is 12.5. The van der Waals surface area contributed by atoms with Crippen LogP contribution >= 0.6 is 54.8 Å². The fraction of sp³-hybridized carbons (Fsp3) is 0.0769. The zero-order chi connectivity index (χ0) is 15.6. The fourth-order valence-electron chi connectivity index (χ4n) is 1.64. The summed E-state index contributed by atoms with van der Waals surface area (Å²) in [5.41, 5.74) is 0.440. The number of carbonyl (C=O) groups excluding carboxylic acids is 1. The summed E-state index contributed by atoms with van der Waals surface area (Å²) in [6.45, 7) is -0.438. The van der Waals surface area contributed by atoms with E-state index in [2.05, 4.69) is 31.9 Å². The highest BCUT2D eigenvalue weighted by atomic mass is 79.9. The van der Waals surface area contributed by atoms with Gasteiger partial charge in [0.15, 0.2) is 0 Å². The highest BCUT2D eigenvalue weighted by Gasteiger charge is 2.23. The van der Waals surface area contributed by atoms with Gasteiger partial charge >= 0.3 is 5.97 Å². The third-order valence-corrected chi connectivity index (χ3v) is 5.99. The first-order valence-electron chi connectivity index (χ1n) is 5.62. The number of carboxylic acid groups (broad SMARTS) is 1. The van der Waals surface area contributed by atoms with Crippen LogP contribution in [0.2, 0.25) is 5.02 Å². The number of rotatable bonds is 4. The number of anilines is 1. The molecule has 0 unspecified atom stereocenters. The van der Waals surface area contributed by atoms with E-state index in [0.717, 1.165) is 8.26 Å². The van der Waals surface area contributed by atoms with Crippen molar-refractivity contribution in [2.24, 2.45) is 0 Å². The molecule has 1 aromatic heterocycles. The molecule has 2 aromatic rings. The van der Waals surface area contributed by atoms with Gasteiger partial charge in [0.05, 0.1) is 8.66 Å². The molecule has 0 radical (unpaired) electrons. The summed E-state index contributed by atoms with van der Waals surface area (Å²) < 4.78 is 1.52. The van der Waals surface area contributed by atoms with Crippen LogP contribution in [0.25, 0.3) is 0 Å². The first kappa shape index (κ1) is 16.5. The molecule has 0 spiro atoms. The predicted octanol–water partition coefficient (Wildman–Crippen LogP) is 4.66. The van der Waals surface area contributed by atoms with Crippen molar-refractivity contribution in [1.29, 1.82) is 0 Å². The van der Waals surface area contributed by atoms with E-state index in [9.17, 15) is 9.59 Å². The second-order valence-electron chi connectivity index (χ2n) is 4.00. The van der Waals surface area contributed by atoms with Crippen LogP contribution in [0.4, 0.5) is 5.69 Å². The monoisotopic (exact) mass is 451 g/mol. The molecule has 1 aromatic carbocycles. The number of aliphatic carboxylic acids is 1. The Labute approximate surface area is 146 Å². The number of amides is 1. The molecule has 0 bridgehead atoms. The van der Waals surface area contributed by atoms with E-state index in [1.807, 2.05) is 0 Å². The molecule has 21 heavy (non-hydrogen) atoms. The molecule has 4 nitrogen and oxygen atoms in total. The summed E-state index contributed by atoms with van der Waals surface area (Å²) in [7, 11) is 0. The molecule has 1 N–H and O–H groups in total. The summed E-state index contributed by atoms with van der Waals surface area (Å²) in [5, 5.41) is 9.46. The van der Waals surface area contributed by atoms with Crippen LogP contribution in [0.1, 0.15) is 9.67 Å². The van der Waals surface area contributed by atoms with Crippen LogP contribution in [0.3, 0.4) is 0 Å². The molecule has 0 saturated heterocycles. The number of halogens is 3. The van der Waals surface area contributed by atoms with Crippen molar-refractivity contribution in [2.45, 2.75) is 0 Å². The third kappa shape index (κ3) is 4.06. The molecular formula is C13H8Br2ClNO3S. The normalized spacial score (nSPS) is 10.4. The zero-order valence-corrected chi connectivity index (χ0v) is 15.1. The van der Waals surface area contributed by atoms with Gasteiger partial charge in [-0.2, -0.15) is 0 Å². The van der Waals surface area contributed by atoms with Gasteiger partial charge in [0, 0.05) is 15.2 Å². The lowest BCUT2D eigenvalue weighted by molar-refractivity contribution is -0.135. The minimum Gasteiger partial charge on any atom is -0.480 e. The van der Waals surface area contributed by atoms with Crippen LogP contribution in [-0.4, -0.2) is 23.5 Å². The minimum absolute atomic E-state index is 0.393. The fourth-order valence-corrected chi connectivity index (χ4v) is 3.81. The first-order valence-corrected chi connectivity index (χ1v) is 8.40. The van der Waals surface area contributed by atoms with Crippen molar-refractivity contribution in [3.05, 3.63) is 48.5 Å². The average Bonchev–Trinajstić information content (AvgIpc) is 2.75. The summed E-state index contributed by atoms with van der Waals surface area (Å²) in [6, 6.07) is 8.17. The third-order valence-electron chi connectivity index (χ3n) is 2.51. The largest absolute Gasteiger partial charge is 0.480 e. The van der Waals surface area contributed by atoms with Gasteiger partial charge in [0.2, 0.25) is 0 Å². The van der Waals surface area contributed by atoms with E-state index in [4.69, 9.17) is 16.7 Å². The molecule has 0 aliphatic rings. The highest BCUT2D eigenvalue weighted by Crippen LogP contribution is 2.34. The Hall–Kier alpha value is -0.890. The van der Waals surface area contributed by atoms with Crippen molar-refractivity contribution >= 4 is 72.4 Å². The van der Waals surface area contributed by atoms with Crippen LogP contribution < -0.4 is 4.90 Å². The summed E-state index contributed by atoms with van der Waals surface area (Å²) in [4.78, 5) is 25.2. The second-order valence-corrected chi connectivity index (χ2v) is 7.66. The zero-order valence-electron chi connectivity index (χ0n) is 10.3. The lowest BCUT2D eigenvalue weighted by Gasteiger charge is -2.20. The Morgan fingerprint density at radius 1 is 1.29 bits per heavy atom. The van der Waals surface area contributed by atoms with Crippen LogP contribution in [0.15, 0.2) is 38.6 Å². The van der Waals surface area contributed by atoms with Crippen molar-refractivity contribution < 1.29 is 14.7 Å². The SMILES string of the molecule is O=C(O)CN(C(=O)c1cc(Br)c(Br)s1)c1cccc(Cl)c1. The molecule has 0 saturated carbocycles. The van der Waals surface area contributed by atoms with Crippen molar-refractivity contribution in [2.75, 3.05) is 11.4 Å². The van der Waals surface area contributed by atoms with Crippen LogP contribution in [0, 0.1) is 0 Å². The molecule has 1 heterocycles. The van der Waals surface area contributed by atoms with Crippen LogP contribution in [-0.2, 0) is 4.79 Å². The van der Waals surface area contributed by atoms with Gasteiger partial charge in [-0.1, -0.05) is 17.7 Å². The number of carbonyl (C=O) groups is 2. The van der Waals surface area contributed by atoms with E-state index < -0.39 is 18.4 Å². The predicted molar refractivity (Wildman–Crippen MR) is 90.5 cm³/mol. The van der Waals surface area contributed by atoms with Crippen LogP contribution in [0.5, 0.6) is 0 Å². The van der Waals surface area contributed by atoms with E-state index in [0.29, 0.717) is 15.6 Å². The van der Waals surface area contributed by atoms with Crippen molar-refractivity contribution in [3.8, 4) is 0 Å². The number of nitrogens with zero attached hydrogens (tertiary/aromatic N) is 1. The molecule has 2 rings (SSSR count). The molecule has 8 heteroatoms. The summed E-state index contributed by atoms with van der Waals surface area (Å²) in [6.07, 6.45) is 0.